The summed E-state index contributed by atoms with van der Waals surface area (Å²) < 4.78 is 0. The molecule has 62 heavy (non-hydrogen) atoms. The molecule has 0 radical (unpaired) electrons. The van der Waals surface area contributed by atoms with Crippen molar-refractivity contribution in [3.05, 3.63) is 35.4 Å². The zero-order valence-electron chi connectivity index (χ0n) is 40.9. The lowest BCUT2D eigenvalue weighted by Crippen LogP contribution is -2.45. The maximum atomic E-state index is 13.1. The van der Waals surface area contributed by atoms with E-state index in [0.29, 0.717) is 24.2 Å². The molecule has 0 fully saturated rings. The average molecular weight is 867 g/mol. The van der Waals surface area contributed by atoms with Crippen LogP contribution in [0.4, 0.5) is 0 Å². The number of rotatable bonds is 44. The van der Waals surface area contributed by atoms with E-state index in [1.807, 2.05) is 13.8 Å². The molecule has 1 aromatic rings. The van der Waals surface area contributed by atoms with E-state index in [1.165, 1.54) is 180 Å². The van der Waals surface area contributed by atoms with Crippen LogP contribution in [-0.2, 0) is 9.59 Å². The van der Waals surface area contributed by atoms with Gasteiger partial charge in [0, 0.05) is 37.1 Å². The third-order valence-corrected chi connectivity index (χ3v) is 13.0. The average Bonchev–Trinajstić information content (AvgIpc) is 3.27. The molecule has 0 saturated heterocycles. The van der Waals surface area contributed by atoms with Gasteiger partial charge in [-0.1, -0.05) is 245 Å². The topological polar surface area (TPSA) is 144 Å². The number of carbonyl (C=O) groups excluding carboxylic acids is 4. The summed E-state index contributed by atoms with van der Waals surface area (Å²) in [6.07, 6.45) is 42.2. The van der Waals surface area contributed by atoms with Crippen molar-refractivity contribution in [2.75, 3.05) is 13.1 Å². The van der Waals surface area contributed by atoms with Crippen molar-refractivity contribution in [3.8, 4) is 0 Å². The van der Waals surface area contributed by atoms with Gasteiger partial charge >= 0.3 is 0 Å². The SMILES string of the molecule is CCCCCCCCCCCCCCCCCCNC(=O)[C@@H](N)C(C)CC(=O)c1ccc(C(=O)CC(C)[C@H](N)C(=O)NCCCCCCCCCCCCCCCCCC)cc1. The molecular weight excluding hydrogens is 769 g/mol. The van der Waals surface area contributed by atoms with E-state index in [0.717, 1.165) is 25.7 Å². The van der Waals surface area contributed by atoms with Crippen molar-refractivity contribution in [1.82, 2.24) is 10.6 Å². The molecule has 4 atom stereocenters. The van der Waals surface area contributed by atoms with Gasteiger partial charge in [-0.05, 0) is 24.7 Å². The fourth-order valence-electron chi connectivity index (χ4n) is 8.44. The maximum absolute atomic E-state index is 13.1. The van der Waals surface area contributed by atoms with Crippen LogP contribution in [0.2, 0.25) is 0 Å². The number of carbonyl (C=O) groups is 4. The van der Waals surface area contributed by atoms with Gasteiger partial charge in [-0.25, -0.2) is 0 Å². The molecule has 0 aromatic heterocycles. The molecule has 0 aliphatic carbocycles. The van der Waals surface area contributed by atoms with E-state index >= 15 is 0 Å². The van der Waals surface area contributed by atoms with Crippen molar-refractivity contribution in [2.45, 2.75) is 258 Å². The second kappa shape index (κ2) is 40.0. The number of unbranched alkanes of at least 4 members (excludes halogenated alkanes) is 30. The Bertz CT molecular complexity index is 1160. The van der Waals surface area contributed by atoms with Crippen molar-refractivity contribution in [2.24, 2.45) is 23.3 Å². The molecule has 0 saturated carbocycles. The monoisotopic (exact) mass is 867 g/mol. The Hall–Kier alpha value is -2.58. The summed E-state index contributed by atoms with van der Waals surface area (Å²) >= 11 is 0. The predicted molar refractivity (Wildman–Crippen MR) is 264 cm³/mol. The molecule has 2 unspecified atom stereocenters. The van der Waals surface area contributed by atoms with Gasteiger partial charge in [0.15, 0.2) is 11.6 Å². The minimum atomic E-state index is -0.766. The minimum absolute atomic E-state index is 0.117. The predicted octanol–water partition coefficient (Wildman–Crippen LogP) is 13.5. The first-order chi connectivity index (χ1) is 30.1. The highest BCUT2D eigenvalue weighted by Gasteiger charge is 2.25. The molecule has 358 valence electrons. The third-order valence-electron chi connectivity index (χ3n) is 13.0. The Morgan fingerprint density at radius 1 is 0.387 bits per heavy atom. The molecule has 6 N–H and O–H groups in total. The van der Waals surface area contributed by atoms with Crippen molar-refractivity contribution >= 4 is 23.4 Å². The fraction of sp³-hybridized carbons (Fsp3) is 0.815. The highest BCUT2D eigenvalue weighted by Crippen LogP contribution is 2.19. The van der Waals surface area contributed by atoms with E-state index in [2.05, 4.69) is 24.5 Å². The molecule has 8 nitrogen and oxygen atoms in total. The Labute approximate surface area is 381 Å². The quantitative estimate of drug-likeness (QED) is 0.0380. The lowest BCUT2D eigenvalue weighted by Gasteiger charge is -2.19. The highest BCUT2D eigenvalue weighted by molar-refractivity contribution is 6.00. The first-order valence-electron chi connectivity index (χ1n) is 26.3. The lowest BCUT2D eigenvalue weighted by molar-refractivity contribution is -0.124. The summed E-state index contributed by atoms with van der Waals surface area (Å²) in [5.74, 6) is -1.32. The number of hydrogen-bond donors (Lipinski definition) is 4. The first-order valence-corrected chi connectivity index (χ1v) is 26.3. The normalized spacial score (nSPS) is 13.4. The standard InChI is InChI=1S/C54H98N4O4/c1-5-7-9-11-13-15-17-19-21-23-25-27-29-31-33-35-41-57-53(61)51(55)45(3)43-49(59)47-37-39-48(40-38-47)50(60)44-46(4)52(56)54(62)58-42-36-34-32-30-28-26-24-22-20-18-16-14-12-10-8-6-2/h37-40,45-46,51-52H,5-36,41-44,55-56H2,1-4H3,(H,57,61)(H,58,62)/t45?,46?,51-,52-/m0/s1. The van der Waals surface area contributed by atoms with Crippen molar-refractivity contribution in [3.63, 3.8) is 0 Å². The van der Waals surface area contributed by atoms with Crippen LogP contribution in [0.1, 0.15) is 267 Å². The van der Waals surface area contributed by atoms with Crippen molar-refractivity contribution < 1.29 is 19.2 Å². The van der Waals surface area contributed by atoms with Crippen LogP contribution in [-0.4, -0.2) is 48.6 Å². The van der Waals surface area contributed by atoms with Crippen LogP contribution in [0.15, 0.2) is 24.3 Å². The van der Waals surface area contributed by atoms with E-state index in [1.54, 1.807) is 24.3 Å². The number of nitrogens with one attached hydrogen (secondary N) is 2. The van der Waals surface area contributed by atoms with Gasteiger partial charge in [-0.15, -0.1) is 0 Å². The molecule has 0 heterocycles. The fourth-order valence-corrected chi connectivity index (χ4v) is 8.44. The summed E-state index contributed by atoms with van der Waals surface area (Å²) in [4.78, 5) is 51.6. The zero-order valence-corrected chi connectivity index (χ0v) is 40.9. The van der Waals surface area contributed by atoms with E-state index in [-0.39, 0.29) is 48.1 Å². The molecule has 8 heteroatoms. The Morgan fingerprint density at radius 2 is 0.597 bits per heavy atom. The molecule has 0 aliphatic rings. The van der Waals surface area contributed by atoms with Crippen LogP contribution in [0.25, 0.3) is 0 Å². The summed E-state index contributed by atoms with van der Waals surface area (Å²) in [6, 6.07) is 5.08. The molecule has 1 rings (SSSR count). The van der Waals surface area contributed by atoms with Gasteiger partial charge < -0.3 is 22.1 Å². The van der Waals surface area contributed by atoms with E-state index in [4.69, 9.17) is 11.5 Å². The molecular formula is C54H98N4O4. The Kier molecular flexibility index (Phi) is 37.0. The van der Waals surface area contributed by atoms with Crippen LogP contribution in [0, 0.1) is 11.8 Å². The first kappa shape index (κ1) is 57.4. The summed E-state index contributed by atoms with van der Waals surface area (Å²) in [7, 11) is 0. The smallest absolute Gasteiger partial charge is 0.237 e. The Balaban J connectivity index is 2.15. The molecule has 0 bridgehead atoms. The van der Waals surface area contributed by atoms with E-state index < -0.39 is 12.1 Å². The number of nitrogens with two attached hydrogens (primary N) is 2. The van der Waals surface area contributed by atoms with Crippen LogP contribution in [0.3, 0.4) is 0 Å². The highest BCUT2D eigenvalue weighted by atomic mass is 16.2. The second-order valence-electron chi connectivity index (χ2n) is 19.0. The number of amides is 2. The van der Waals surface area contributed by atoms with Gasteiger partial charge in [-0.3, -0.25) is 19.2 Å². The maximum Gasteiger partial charge on any atom is 0.237 e. The van der Waals surface area contributed by atoms with Gasteiger partial charge in [0.2, 0.25) is 11.8 Å². The van der Waals surface area contributed by atoms with Gasteiger partial charge in [0.1, 0.15) is 0 Å². The summed E-state index contributed by atoms with van der Waals surface area (Å²) in [6.45, 7) is 9.42. The summed E-state index contributed by atoms with van der Waals surface area (Å²) in [5.41, 5.74) is 13.5. The molecule has 0 spiro atoms. The molecule has 0 aliphatic heterocycles. The van der Waals surface area contributed by atoms with Gasteiger partial charge in [0.05, 0.1) is 12.1 Å². The van der Waals surface area contributed by atoms with Crippen LogP contribution < -0.4 is 22.1 Å². The second-order valence-corrected chi connectivity index (χ2v) is 19.0. The largest absolute Gasteiger partial charge is 0.355 e. The number of hydrogen-bond acceptors (Lipinski definition) is 6. The van der Waals surface area contributed by atoms with Gasteiger partial charge in [-0.2, -0.15) is 0 Å². The van der Waals surface area contributed by atoms with Crippen LogP contribution in [0.5, 0.6) is 0 Å². The molecule has 2 amide bonds. The number of ketones is 2. The zero-order chi connectivity index (χ0) is 45.5. The van der Waals surface area contributed by atoms with Crippen LogP contribution >= 0.6 is 0 Å². The minimum Gasteiger partial charge on any atom is -0.355 e. The van der Waals surface area contributed by atoms with E-state index in [9.17, 15) is 19.2 Å². The van der Waals surface area contributed by atoms with Crippen molar-refractivity contribution in [1.29, 1.82) is 0 Å². The number of Topliss-reactive ketones (excluding diaryl/α,β-unsaturated/α-hetero) is 2. The summed E-state index contributed by atoms with van der Waals surface area (Å²) in [5, 5.41) is 5.93. The Morgan fingerprint density at radius 3 is 0.823 bits per heavy atom. The lowest BCUT2D eigenvalue weighted by atomic mass is 9.91. The third kappa shape index (κ3) is 30.5. The van der Waals surface area contributed by atoms with Gasteiger partial charge in [0.25, 0.3) is 0 Å². The number of benzene rings is 1. The molecule has 1 aromatic carbocycles.